The van der Waals surface area contributed by atoms with Crippen LogP contribution in [0.5, 0.6) is 0 Å². The van der Waals surface area contributed by atoms with E-state index in [0.717, 1.165) is 17.3 Å². The number of halogens is 1. The Bertz CT molecular complexity index is 357. The Balaban J connectivity index is 2.64. The Kier molecular flexibility index (Phi) is 4.94. The highest BCUT2D eigenvalue weighted by Gasteiger charge is 2.06. The molecule has 1 amide bonds. The number of thioether (sulfide) groups is 1. The molecule has 0 aromatic heterocycles. The molecule has 2 N–H and O–H groups in total. The van der Waals surface area contributed by atoms with E-state index in [-0.39, 0.29) is 11.8 Å². The van der Waals surface area contributed by atoms with Crippen LogP contribution >= 0.6 is 23.4 Å². The molecule has 0 aliphatic carbocycles. The summed E-state index contributed by atoms with van der Waals surface area (Å²) in [7, 11) is 0. The van der Waals surface area contributed by atoms with Crippen LogP contribution in [0.3, 0.4) is 0 Å². The maximum atomic E-state index is 11.3. The fraction of sp³-hybridized carbons (Fsp3) is 0.300. The predicted molar refractivity (Wildman–Crippen MR) is 64.8 cm³/mol. The van der Waals surface area contributed by atoms with Gasteiger partial charge in [0.1, 0.15) is 0 Å². The lowest BCUT2D eigenvalue weighted by molar-refractivity contribution is 0.269. The summed E-state index contributed by atoms with van der Waals surface area (Å²) >= 11 is 6.95. The second-order valence-corrected chi connectivity index (χ2v) is 4.37. The van der Waals surface area contributed by atoms with E-state index in [4.69, 9.17) is 16.7 Å². The number of hydrogen-bond acceptors (Lipinski definition) is 3. The molecule has 0 saturated carbocycles. The topological polar surface area (TPSA) is 49.3 Å². The molecule has 3 nitrogen and oxygen atoms in total. The lowest BCUT2D eigenvalue weighted by Gasteiger charge is -2.08. The Labute approximate surface area is 97.8 Å². The molecular formula is C10H12ClNO2S. The van der Waals surface area contributed by atoms with Crippen LogP contribution in [0.15, 0.2) is 18.2 Å². The van der Waals surface area contributed by atoms with Gasteiger partial charge in [-0.1, -0.05) is 29.4 Å². The van der Waals surface area contributed by atoms with Crippen molar-refractivity contribution in [3.8, 4) is 0 Å². The fourth-order valence-corrected chi connectivity index (χ4v) is 1.66. The summed E-state index contributed by atoms with van der Waals surface area (Å²) in [6.07, 6.45) is 0. The van der Waals surface area contributed by atoms with E-state index in [0.29, 0.717) is 16.5 Å². The maximum absolute atomic E-state index is 11.3. The van der Waals surface area contributed by atoms with Gasteiger partial charge >= 0.3 is 0 Å². The first-order chi connectivity index (χ1) is 7.15. The fourth-order valence-electron chi connectivity index (χ4n) is 1.03. The molecule has 0 bridgehead atoms. The monoisotopic (exact) mass is 245 g/mol. The summed E-state index contributed by atoms with van der Waals surface area (Å²) in [5.41, 5.74) is 1.55. The zero-order valence-electron chi connectivity index (χ0n) is 8.29. The first-order valence-electron chi connectivity index (χ1n) is 4.45. The molecule has 1 aromatic carbocycles. The molecule has 82 valence electrons. The normalized spacial score (nSPS) is 10.1. The SMILES string of the molecule is Cc1c(Cl)cccc1NC(=O)SCCO. The maximum Gasteiger partial charge on any atom is 0.283 e. The zero-order valence-corrected chi connectivity index (χ0v) is 9.86. The molecule has 1 aromatic rings. The average molecular weight is 246 g/mol. The Morgan fingerprint density at radius 2 is 2.33 bits per heavy atom. The summed E-state index contributed by atoms with van der Waals surface area (Å²) in [6.45, 7) is 1.83. The summed E-state index contributed by atoms with van der Waals surface area (Å²) < 4.78 is 0. The highest BCUT2D eigenvalue weighted by molar-refractivity contribution is 8.13. The van der Waals surface area contributed by atoms with Crippen molar-refractivity contribution in [2.75, 3.05) is 17.7 Å². The summed E-state index contributed by atoms with van der Waals surface area (Å²) in [5, 5.41) is 11.7. The third-order valence-corrected chi connectivity index (χ3v) is 2.99. The number of carbonyl (C=O) groups excluding carboxylic acids is 1. The number of benzene rings is 1. The largest absolute Gasteiger partial charge is 0.396 e. The van der Waals surface area contributed by atoms with Crippen LogP contribution in [-0.4, -0.2) is 22.7 Å². The second kappa shape index (κ2) is 6.00. The van der Waals surface area contributed by atoms with Crippen LogP contribution in [0, 0.1) is 6.92 Å². The number of aliphatic hydroxyl groups is 1. The van der Waals surface area contributed by atoms with Crippen molar-refractivity contribution in [3.05, 3.63) is 28.8 Å². The third-order valence-electron chi connectivity index (χ3n) is 1.83. The summed E-state index contributed by atoms with van der Waals surface area (Å²) in [4.78, 5) is 11.3. The molecule has 0 spiro atoms. The number of aliphatic hydroxyl groups excluding tert-OH is 1. The molecule has 0 aliphatic rings. The molecule has 0 unspecified atom stereocenters. The van der Waals surface area contributed by atoms with Crippen molar-refractivity contribution in [1.29, 1.82) is 0 Å². The number of amides is 1. The van der Waals surface area contributed by atoms with E-state index in [2.05, 4.69) is 5.32 Å². The van der Waals surface area contributed by atoms with Crippen molar-refractivity contribution in [2.24, 2.45) is 0 Å². The molecular weight excluding hydrogens is 234 g/mol. The minimum absolute atomic E-state index is 0.00733. The lowest BCUT2D eigenvalue weighted by Crippen LogP contribution is -2.07. The second-order valence-electron chi connectivity index (χ2n) is 2.90. The Morgan fingerprint density at radius 1 is 1.60 bits per heavy atom. The predicted octanol–water partition coefficient (Wildman–Crippen LogP) is 2.91. The van der Waals surface area contributed by atoms with Gasteiger partial charge in [-0.3, -0.25) is 4.79 Å². The van der Waals surface area contributed by atoms with Crippen LogP contribution in [0.25, 0.3) is 0 Å². The third kappa shape index (κ3) is 3.74. The van der Waals surface area contributed by atoms with Crippen LogP contribution in [0.4, 0.5) is 10.5 Å². The zero-order chi connectivity index (χ0) is 11.3. The van der Waals surface area contributed by atoms with Gasteiger partial charge in [-0.25, -0.2) is 0 Å². The standard InChI is InChI=1S/C10H12ClNO2S/c1-7-8(11)3-2-4-9(7)12-10(14)15-6-5-13/h2-4,13H,5-6H2,1H3,(H,12,14). The van der Waals surface area contributed by atoms with E-state index in [1.54, 1.807) is 18.2 Å². The smallest absolute Gasteiger partial charge is 0.283 e. The lowest BCUT2D eigenvalue weighted by atomic mass is 10.2. The molecule has 1 rings (SSSR count). The number of anilines is 1. The Morgan fingerprint density at radius 3 is 3.00 bits per heavy atom. The van der Waals surface area contributed by atoms with Crippen molar-refractivity contribution in [1.82, 2.24) is 0 Å². The van der Waals surface area contributed by atoms with E-state index in [1.807, 2.05) is 6.92 Å². The summed E-state index contributed by atoms with van der Waals surface area (Å²) in [5.74, 6) is 0.394. The van der Waals surface area contributed by atoms with Gasteiger partial charge in [0.25, 0.3) is 5.24 Å². The molecule has 0 saturated heterocycles. The molecule has 0 atom stereocenters. The number of hydrogen-bond donors (Lipinski definition) is 2. The van der Waals surface area contributed by atoms with Gasteiger partial charge in [0.05, 0.1) is 6.61 Å². The first-order valence-corrected chi connectivity index (χ1v) is 5.81. The van der Waals surface area contributed by atoms with Gasteiger partial charge in [0.2, 0.25) is 0 Å². The van der Waals surface area contributed by atoms with Gasteiger partial charge in [-0.05, 0) is 24.6 Å². The number of rotatable bonds is 3. The highest BCUT2D eigenvalue weighted by Crippen LogP contribution is 2.23. The van der Waals surface area contributed by atoms with E-state index < -0.39 is 0 Å². The van der Waals surface area contributed by atoms with Crippen molar-refractivity contribution >= 4 is 34.3 Å². The van der Waals surface area contributed by atoms with E-state index in [9.17, 15) is 4.79 Å². The molecule has 0 fully saturated rings. The van der Waals surface area contributed by atoms with Gasteiger partial charge in [-0.2, -0.15) is 0 Å². The highest BCUT2D eigenvalue weighted by atomic mass is 35.5. The molecule has 5 heteroatoms. The Hall–Kier alpha value is -0.710. The first kappa shape index (κ1) is 12.4. The number of nitrogens with one attached hydrogen (secondary N) is 1. The summed E-state index contributed by atoms with van der Waals surface area (Å²) in [6, 6.07) is 5.34. The van der Waals surface area contributed by atoms with E-state index >= 15 is 0 Å². The van der Waals surface area contributed by atoms with Gasteiger partial charge in [0.15, 0.2) is 0 Å². The van der Waals surface area contributed by atoms with Crippen molar-refractivity contribution in [2.45, 2.75) is 6.92 Å². The van der Waals surface area contributed by atoms with Crippen LogP contribution in [-0.2, 0) is 0 Å². The molecule has 0 heterocycles. The quantitative estimate of drug-likeness (QED) is 0.861. The minimum Gasteiger partial charge on any atom is -0.396 e. The van der Waals surface area contributed by atoms with Crippen LogP contribution in [0.1, 0.15) is 5.56 Å². The average Bonchev–Trinajstić information content (AvgIpc) is 2.22. The van der Waals surface area contributed by atoms with E-state index in [1.165, 1.54) is 0 Å². The van der Waals surface area contributed by atoms with Gasteiger partial charge in [0, 0.05) is 16.5 Å². The van der Waals surface area contributed by atoms with Crippen molar-refractivity contribution < 1.29 is 9.90 Å². The minimum atomic E-state index is -0.186. The molecule has 0 aliphatic heterocycles. The van der Waals surface area contributed by atoms with Gasteiger partial charge < -0.3 is 10.4 Å². The molecule has 15 heavy (non-hydrogen) atoms. The van der Waals surface area contributed by atoms with Crippen molar-refractivity contribution in [3.63, 3.8) is 0 Å². The van der Waals surface area contributed by atoms with Crippen LogP contribution in [0.2, 0.25) is 5.02 Å². The van der Waals surface area contributed by atoms with Gasteiger partial charge in [-0.15, -0.1) is 0 Å². The van der Waals surface area contributed by atoms with Crippen LogP contribution < -0.4 is 5.32 Å². The molecule has 0 radical (unpaired) electrons. The number of carbonyl (C=O) groups is 1.